The molecule has 2 saturated heterocycles. The highest BCUT2D eigenvalue weighted by molar-refractivity contribution is 6.46. The largest absolute Gasteiger partial charge is 0.507 e. The Kier molecular flexibility index (Phi) is 7.45. The molecule has 38 heavy (non-hydrogen) atoms. The molecule has 0 aliphatic carbocycles. The topological polar surface area (TPSA) is 88.5 Å². The second-order valence-corrected chi connectivity index (χ2v) is 11.0. The lowest BCUT2D eigenvalue weighted by Crippen LogP contribution is -2.39. The summed E-state index contributed by atoms with van der Waals surface area (Å²) in [5.41, 5.74) is 2.42. The van der Waals surface area contributed by atoms with E-state index in [2.05, 4.69) is 25.7 Å². The summed E-state index contributed by atoms with van der Waals surface area (Å²) in [5.74, 6) is -0.373. The van der Waals surface area contributed by atoms with Crippen LogP contribution in [-0.4, -0.2) is 79.2 Å². The van der Waals surface area contributed by atoms with E-state index in [1.165, 1.54) is 0 Å². The Morgan fingerprint density at radius 3 is 2.29 bits per heavy atom. The molecule has 3 aliphatic rings. The second-order valence-electron chi connectivity index (χ2n) is 11.0. The van der Waals surface area contributed by atoms with Gasteiger partial charge in [-0.2, -0.15) is 0 Å². The van der Waals surface area contributed by atoms with Crippen molar-refractivity contribution in [3.8, 4) is 11.5 Å². The highest BCUT2D eigenvalue weighted by Crippen LogP contribution is 2.41. The fourth-order valence-electron chi connectivity index (χ4n) is 5.26. The quantitative estimate of drug-likeness (QED) is 0.351. The summed E-state index contributed by atoms with van der Waals surface area (Å²) >= 11 is 0. The van der Waals surface area contributed by atoms with E-state index in [-0.39, 0.29) is 16.7 Å². The zero-order valence-electron chi connectivity index (χ0n) is 22.4. The number of carbonyl (C=O) groups excluding carboxylic acids is 2. The van der Waals surface area contributed by atoms with Crippen molar-refractivity contribution >= 4 is 17.4 Å². The number of Topliss-reactive ketones (excluding diaryl/α,β-unsaturated/α-hetero) is 1. The standard InChI is InChI=1S/C30H36N2O6/c1-30(2,3)22-8-5-20(6-9-22)26-25(27(33)21-7-10-23-24(19-21)38-18-17-37-23)28(34)29(35)32(26)12-4-11-31-13-15-36-16-14-31/h5-10,19,26,33H,4,11-18H2,1-3H3/t26-/m0/s1. The number of amides is 1. The number of hydrogen-bond acceptors (Lipinski definition) is 7. The maximum Gasteiger partial charge on any atom is 0.295 e. The molecule has 1 amide bonds. The third-order valence-electron chi connectivity index (χ3n) is 7.43. The van der Waals surface area contributed by atoms with Gasteiger partial charge < -0.3 is 24.2 Å². The SMILES string of the molecule is CC(C)(C)c1ccc([C@H]2C(=C(O)c3ccc4c(c3)OCCO4)C(=O)C(=O)N2CCCN2CCOCC2)cc1. The molecular formula is C30H36N2O6. The monoisotopic (exact) mass is 520 g/mol. The van der Waals surface area contributed by atoms with E-state index >= 15 is 0 Å². The lowest BCUT2D eigenvalue weighted by molar-refractivity contribution is -0.140. The fourth-order valence-corrected chi connectivity index (χ4v) is 5.26. The minimum Gasteiger partial charge on any atom is -0.507 e. The molecule has 2 aromatic rings. The maximum absolute atomic E-state index is 13.4. The van der Waals surface area contributed by atoms with Gasteiger partial charge in [0, 0.05) is 31.7 Å². The summed E-state index contributed by atoms with van der Waals surface area (Å²) in [6.07, 6.45) is 0.716. The molecule has 0 aromatic heterocycles. The van der Waals surface area contributed by atoms with Crippen molar-refractivity contribution < 1.29 is 28.9 Å². The molecule has 202 valence electrons. The van der Waals surface area contributed by atoms with Crippen LogP contribution in [0, 0.1) is 0 Å². The summed E-state index contributed by atoms with van der Waals surface area (Å²) < 4.78 is 16.7. The molecular weight excluding hydrogens is 484 g/mol. The summed E-state index contributed by atoms with van der Waals surface area (Å²) in [5, 5.41) is 11.4. The molecule has 8 heteroatoms. The van der Waals surface area contributed by atoms with Crippen molar-refractivity contribution in [3.63, 3.8) is 0 Å². The van der Waals surface area contributed by atoms with Gasteiger partial charge in [0.2, 0.25) is 0 Å². The number of nitrogens with zero attached hydrogens (tertiary/aromatic N) is 2. The number of carbonyl (C=O) groups is 2. The van der Waals surface area contributed by atoms with Gasteiger partial charge in [0.05, 0.1) is 24.8 Å². The van der Waals surface area contributed by atoms with Crippen molar-refractivity contribution in [1.29, 1.82) is 0 Å². The van der Waals surface area contributed by atoms with Crippen LogP contribution >= 0.6 is 0 Å². The number of benzene rings is 2. The van der Waals surface area contributed by atoms with E-state index in [1.807, 2.05) is 24.3 Å². The Morgan fingerprint density at radius 1 is 0.921 bits per heavy atom. The number of aliphatic hydroxyl groups excluding tert-OH is 1. The van der Waals surface area contributed by atoms with Crippen LogP contribution in [0.2, 0.25) is 0 Å². The van der Waals surface area contributed by atoms with Gasteiger partial charge in [-0.3, -0.25) is 14.5 Å². The minimum absolute atomic E-state index is 0.0380. The first-order valence-electron chi connectivity index (χ1n) is 13.3. The Bertz CT molecular complexity index is 1220. The molecule has 1 N–H and O–H groups in total. The fraction of sp³-hybridized carbons (Fsp3) is 0.467. The predicted octanol–water partition coefficient (Wildman–Crippen LogP) is 3.90. The van der Waals surface area contributed by atoms with Gasteiger partial charge in [0.15, 0.2) is 11.5 Å². The first-order chi connectivity index (χ1) is 18.2. The Labute approximate surface area is 223 Å². The van der Waals surface area contributed by atoms with E-state index in [1.54, 1.807) is 23.1 Å². The van der Waals surface area contributed by atoms with E-state index in [9.17, 15) is 14.7 Å². The normalized spacial score (nSPS) is 21.7. The molecule has 2 aromatic carbocycles. The van der Waals surface area contributed by atoms with Crippen LogP contribution in [0.15, 0.2) is 48.0 Å². The summed E-state index contributed by atoms with van der Waals surface area (Å²) in [6, 6.07) is 12.4. The summed E-state index contributed by atoms with van der Waals surface area (Å²) in [7, 11) is 0. The minimum atomic E-state index is -0.679. The van der Waals surface area contributed by atoms with E-state index in [4.69, 9.17) is 14.2 Å². The lowest BCUT2D eigenvalue weighted by Gasteiger charge is -2.29. The molecule has 0 spiro atoms. The number of fused-ring (bicyclic) bond motifs is 1. The third kappa shape index (κ3) is 5.28. The molecule has 3 aliphatic heterocycles. The number of hydrogen-bond donors (Lipinski definition) is 1. The van der Waals surface area contributed by atoms with Gasteiger partial charge in [0.1, 0.15) is 19.0 Å². The number of morpholine rings is 1. The second kappa shape index (κ2) is 10.8. The molecule has 8 nitrogen and oxygen atoms in total. The van der Waals surface area contributed by atoms with Gasteiger partial charge in [0.25, 0.3) is 11.7 Å². The van der Waals surface area contributed by atoms with Crippen molar-refractivity contribution in [2.75, 3.05) is 52.6 Å². The number of ketones is 1. The van der Waals surface area contributed by atoms with Crippen LogP contribution in [0.1, 0.15) is 49.9 Å². The van der Waals surface area contributed by atoms with Gasteiger partial charge in [-0.1, -0.05) is 45.0 Å². The average molecular weight is 521 g/mol. The number of ether oxygens (including phenoxy) is 3. The highest BCUT2D eigenvalue weighted by Gasteiger charge is 2.46. The molecule has 0 radical (unpaired) electrons. The molecule has 2 fully saturated rings. The molecule has 3 heterocycles. The van der Waals surface area contributed by atoms with Crippen LogP contribution < -0.4 is 9.47 Å². The highest BCUT2D eigenvalue weighted by atomic mass is 16.6. The number of likely N-dealkylation sites (tertiary alicyclic amines) is 1. The van der Waals surface area contributed by atoms with Crippen LogP contribution in [0.3, 0.4) is 0 Å². The van der Waals surface area contributed by atoms with Crippen molar-refractivity contribution in [3.05, 3.63) is 64.7 Å². The lowest BCUT2D eigenvalue weighted by atomic mass is 9.85. The summed E-state index contributed by atoms with van der Waals surface area (Å²) in [4.78, 5) is 30.6. The summed E-state index contributed by atoms with van der Waals surface area (Å²) in [6.45, 7) is 11.6. The van der Waals surface area contributed by atoms with Gasteiger partial charge >= 0.3 is 0 Å². The molecule has 5 rings (SSSR count). The molecule has 0 bridgehead atoms. The Balaban J connectivity index is 1.50. The smallest absolute Gasteiger partial charge is 0.295 e. The van der Waals surface area contributed by atoms with E-state index < -0.39 is 17.7 Å². The van der Waals surface area contributed by atoms with Crippen molar-refractivity contribution in [2.24, 2.45) is 0 Å². The average Bonchev–Trinajstić information content (AvgIpc) is 3.17. The van der Waals surface area contributed by atoms with Crippen LogP contribution in [0.25, 0.3) is 5.76 Å². The zero-order valence-corrected chi connectivity index (χ0v) is 22.4. The number of aliphatic hydroxyl groups is 1. The number of rotatable bonds is 6. The van der Waals surface area contributed by atoms with Crippen molar-refractivity contribution in [2.45, 2.75) is 38.6 Å². The van der Waals surface area contributed by atoms with Crippen LogP contribution in [-0.2, 0) is 19.7 Å². The Morgan fingerprint density at radius 2 is 1.61 bits per heavy atom. The molecule has 1 atom stereocenters. The van der Waals surface area contributed by atoms with Gasteiger partial charge in [-0.05, 0) is 41.2 Å². The van der Waals surface area contributed by atoms with E-state index in [0.29, 0.717) is 56.5 Å². The van der Waals surface area contributed by atoms with Gasteiger partial charge in [-0.25, -0.2) is 0 Å². The van der Waals surface area contributed by atoms with Crippen molar-refractivity contribution in [1.82, 2.24) is 9.80 Å². The third-order valence-corrected chi connectivity index (χ3v) is 7.43. The first kappa shape index (κ1) is 26.3. The zero-order chi connectivity index (χ0) is 26.9. The van der Waals surface area contributed by atoms with Gasteiger partial charge in [-0.15, -0.1) is 0 Å². The predicted molar refractivity (Wildman–Crippen MR) is 143 cm³/mol. The first-order valence-corrected chi connectivity index (χ1v) is 13.3. The van der Waals surface area contributed by atoms with Crippen LogP contribution in [0.5, 0.6) is 11.5 Å². The maximum atomic E-state index is 13.4. The van der Waals surface area contributed by atoms with Crippen LogP contribution in [0.4, 0.5) is 0 Å². The molecule has 0 unspecified atom stereocenters. The Hall–Kier alpha value is -3.36. The van der Waals surface area contributed by atoms with E-state index in [0.717, 1.165) is 30.8 Å². The molecule has 0 saturated carbocycles.